The smallest absolute Gasteiger partial charge is 0.234 e. The van der Waals surface area contributed by atoms with E-state index < -0.39 is 0 Å². The van der Waals surface area contributed by atoms with Crippen LogP contribution in [0.2, 0.25) is 0 Å². The lowest BCUT2D eigenvalue weighted by atomic mass is 10.2. The molecule has 5 nitrogen and oxygen atoms in total. The maximum atomic E-state index is 11.7. The SMILES string of the molecule is COCCNC(=O)CN1CCN(c2ccccc2)CC1. The Hall–Kier alpha value is -1.59. The molecule has 2 rings (SSSR count). The molecule has 0 spiro atoms. The van der Waals surface area contributed by atoms with E-state index >= 15 is 0 Å². The van der Waals surface area contributed by atoms with Gasteiger partial charge >= 0.3 is 0 Å². The highest BCUT2D eigenvalue weighted by Crippen LogP contribution is 2.15. The summed E-state index contributed by atoms with van der Waals surface area (Å²) in [5.41, 5.74) is 1.26. The van der Waals surface area contributed by atoms with E-state index in [4.69, 9.17) is 4.74 Å². The Morgan fingerprint density at radius 1 is 1.20 bits per heavy atom. The molecule has 0 aromatic heterocycles. The van der Waals surface area contributed by atoms with Crippen LogP contribution in [0.25, 0.3) is 0 Å². The molecule has 1 aromatic carbocycles. The molecule has 110 valence electrons. The van der Waals surface area contributed by atoms with Gasteiger partial charge in [-0.2, -0.15) is 0 Å². The fourth-order valence-electron chi connectivity index (χ4n) is 2.35. The van der Waals surface area contributed by atoms with Gasteiger partial charge in [0, 0.05) is 45.5 Å². The number of nitrogens with zero attached hydrogens (tertiary/aromatic N) is 2. The third-order valence-corrected chi connectivity index (χ3v) is 3.49. The molecule has 0 atom stereocenters. The summed E-state index contributed by atoms with van der Waals surface area (Å²) in [6, 6.07) is 10.4. The highest BCUT2D eigenvalue weighted by Gasteiger charge is 2.18. The summed E-state index contributed by atoms with van der Waals surface area (Å²) < 4.78 is 4.91. The number of carbonyl (C=O) groups is 1. The van der Waals surface area contributed by atoms with Crippen LogP contribution in [-0.4, -0.2) is 63.8 Å². The summed E-state index contributed by atoms with van der Waals surface area (Å²) in [6.07, 6.45) is 0. The summed E-state index contributed by atoms with van der Waals surface area (Å²) >= 11 is 0. The number of amides is 1. The third kappa shape index (κ3) is 4.51. The van der Waals surface area contributed by atoms with E-state index in [0.29, 0.717) is 19.7 Å². The van der Waals surface area contributed by atoms with Crippen molar-refractivity contribution in [2.24, 2.45) is 0 Å². The molecule has 5 heteroatoms. The predicted octanol–water partition coefficient (Wildman–Crippen LogP) is 0.571. The van der Waals surface area contributed by atoms with Crippen LogP contribution in [0.1, 0.15) is 0 Å². The normalized spacial score (nSPS) is 16.1. The maximum Gasteiger partial charge on any atom is 0.234 e. The van der Waals surface area contributed by atoms with E-state index in [1.165, 1.54) is 5.69 Å². The first kappa shape index (κ1) is 14.8. The van der Waals surface area contributed by atoms with Gasteiger partial charge in [0.1, 0.15) is 0 Å². The fraction of sp³-hybridized carbons (Fsp3) is 0.533. The lowest BCUT2D eigenvalue weighted by Gasteiger charge is -2.35. The standard InChI is InChI=1S/C15H23N3O2/c1-20-12-7-16-15(19)13-17-8-10-18(11-9-17)14-5-3-2-4-6-14/h2-6H,7-13H2,1H3,(H,16,19). The number of anilines is 1. The minimum absolute atomic E-state index is 0.0789. The van der Waals surface area contributed by atoms with Gasteiger partial charge < -0.3 is 15.0 Å². The number of hydrogen-bond acceptors (Lipinski definition) is 4. The summed E-state index contributed by atoms with van der Waals surface area (Å²) in [4.78, 5) is 16.3. The van der Waals surface area contributed by atoms with E-state index in [1.807, 2.05) is 6.07 Å². The Labute approximate surface area is 120 Å². The average molecular weight is 277 g/mol. The van der Waals surface area contributed by atoms with E-state index in [9.17, 15) is 4.79 Å². The van der Waals surface area contributed by atoms with Gasteiger partial charge in [-0.15, -0.1) is 0 Å². The molecule has 1 aromatic rings. The van der Waals surface area contributed by atoms with Gasteiger partial charge in [-0.1, -0.05) is 18.2 Å². The number of carbonyl (C=O) groups excluding carboxylic acids is 1. The molecule has 0 radical (unpaired) electrons. The second kappa shape index (κ2) is 7.87. The number of methoxy groups -OCH3 is 1. The molecule has 0 bridgehead atoms. The van der Waals surface area contributed by atoms with Gasteiger partial charge in [0.2, 0.25) is 5.91 Å². The zero-order valence-corrected chi connectivity index (χ0v) is 12.0. The van der Waals surface area contributed by atoms with E-state index in [0.717, 1.165) is 26.2 Å². The maximum absolute atomic E-state index is 11.7. The molecular weight excluding hydrogens is 254 g/mol. The molecule has 0 unspecified atom stereocenters. The second-order valence-electron chi connectivity index (χ2n) is 4.94. The van der Waals surface area contributed by atoms with Crippen LogP contribution in [0.4, 0.5) is 5.69 Å². The minimum Gasteiger partial charge on any atom is -0.383 e. The number of ether oxygens (including phenoxy) is 1. The third-order valence-electron chi connectivity index (χ3n) is 3.49. The van der Waals surface area contributed by atoms with Crippen molar-refractivity contribution in [2.75, 3.05) is 57.9 Å². The summed E-state index contributed by atoms with van der Waals surface area (Å²) in [5, 5.41) is 2.85. The molecule has 1 fully saturated rings. The lowest BCUT2D eigenvalue weighted by Crippen LogP contribution is -2.49. The van der Waals surface area contributed by atoms with Crippen LogP contribution < -0.4 is 10.2 Å². The number of rotatable bonds is 6. The van der Waals surface area contributed by atoms with Gasteiger partial charge in [-0.3, -0.25) is 9.69 Å². The van der Waals surface area contributed by atoms with Gasteiger partial charge in [0.15, 0.2) is 0 Å². The van der Waals surface area contributed by atoms with Gasteiger partial charge in [-0.25, -0.2) is 0 Å². The Balaban J connectivity index is 1.70. The quantitative estimate of drug-likeness (QED) is 0.772. The van der Waals surface area contributed by atoms with Gasteiger partial charge in [0.05, 0.1) is 13.2 Å². The minimum atomic E-state index is 0.0789. The molecule has 1 heterocycles. The molecule has 0 saturated carbocycles. The monoisotopic (exact) mass is 277 g/mol. The summed E-state index contributed by atoms with van der Waals surface area (Å²) in [5.74, 6) is 0.0789. The van der Waals surface area contributed by atoms with Crippen molar-refractivity contribution >= 4 is 11.6 Å². The molecule has 1 amide bonds. The van der Waals surface area contributed by atoms with Crippen molar-refractivity contribution in [1.82, 2.24) is 10.2 Å². The van der Waals surface area contributed by atoms with Crippen molar-refractivity contribution in [1.29, 1.82) is 0 Å². The Morgan fingerprint density at radius 3 is 2.55 bits per heavy atom. The number of nitrogens with one attached hydrogen (secondary N) is 1. The molecule has 1 saturated heterocycles. The Kier molecular flexibility index (Phi) is 5.83. The molecule has 0 aliphatic carbocycles. The van der Waals surface area contributed by atoms with E-state index in [2.05, 4.69) is 39.4 Å². The fourth-order valence-corrected chi connectivity index (χ4v) is 2.35. The zero-order valence-electron chi connectivity index (χ0n) is 12.0. The molecule has 1 aliphatic rings. The first-order valence-corrected chi connectivity index (χ1v) is 7.07. The number of benzene rings is 1. The first-order valence-electron chi connectivity index (χ1n) is 7.07. The van der Waals surface area contributed by atoms with Crippen molar-refractivity contribution in [3.63, 3.8) is 0 Å². The van der Waals surface area contributed by atoms with Crippen molar-refractivity contribution in [2.45, 2.75) is 0 Å². The van der Waals surface area contributed by atoms with Gasteiger partial charge in [-0.05, 0) is 12.1 Å². The van der Waals surface area contributed by atoms with E-state index in [-0.39, 0.29) is 5.91 Å². The largest absolute Gasteiger partial charge is 0.383 e. The van der Waals surface area contributed by atoms with Crippen LogP contribution in [0, 0.1) is 0 Å². The summed E-state index contributed by atoms with van der Waals surface area (Å²) in [6.45, 7) is 5.41. The lowest BCUT2D eigenvalue weighted by molar-refractivity contribution is -0.122. The summed E-state index contributed by atoms with van der Waals surface area (Å²) in [7, 11) is 1.63. The highest BCUT2D eigenvalue weighted by molar-refractivity contribution is 5.78. The zero-order chi connectivity index (χ0) is 14.2. The van der Waals surface area contributed by atoms with Crippen LogP contribution in [-0.2, 0) is 9.53 Å². The Bertz CT molecular complexity index is 403. The molecule has 1 aliphatic heterocycles. The van der Waals surface area contributed by atoms with Gasteiger partial charge in [0.25, 0.3) is 0 Å². The van der Waals surface area contributed by atoms with Crippen LogP contribution in [0.15, 0.2) is 30.3 Å². The van der Waals surface area contributed by atoms with Crippen molar-refractivity contribution in [3.05, 3.63) is 30.3 Å². The average Bonchev–Trinajstić information content (AvgIpc) is 2.49. The van der Waals surface area contributed by atoms with E-state index in [1.54, 1.807) is 7.11 Å². The Morgan fingerprint density at radius 2 is 1.90 bits per heavy atom. The van der Waals surface area contributed by atoms with Crippen LogP contribution in [0.5, 0.6) is 0 Å². The number of piperazine rings is 1. The molecule has 20 heavy (non-hydrogen) atoms. The number of para-hydroxylation sites is 1. The van der Waals surface area contributed by atoms with Crippen molar-refractivity contribution < 1.29 is 9.53 Å². The topological polar surface area (TPSA) is 44.8 Å². The predicted molar refractivity (Wildman–Crippen MR) is 80.0 cm³/mol. The molecular formula is C15H23N3O2. The number of hydrogen-bond donors (Lipinski definition) is 1. The molecule has 1 N–H and O–H groups in total. The first-order chi connectivity index (χ1) is 9.79. The van der Waals surface area contributed by atoms with Crippen LogP contribution in [0.3, 0.4) is 0 Å². The second-order valence-corrected chi connectivity index (χ2v) is 4.94. The van der Waals surface area contributed by atoms with Crippen molar-refractivity contribution in [3.8, 4) is 0 Å². The van der Waals surface area contributed by atoms with Crippen LogP contribution >= 0.6 is 0 Å². The highest BCUT2D eigenvalue weighted by atomic mass is 16.5.